The van der Waals surface area contributed by atoms with E-state index in [2.05, 4.69) is 21.7 Å². The van der Waals surface area contributed by atoms with Gasteiger partial charge in [0.2, 0.25) is 11.8 Å². The molecule has 0 aromatic heterocycles. The minimum atomic E-state index is -0.511. The quantitative estimate of drug-likeness (QED) is 0.565. The molecule has 0 atom stereocenters. The Labute approximate surface area is 175 Å². The highest BCUT2D eigenvalue weighted by Crippen LogP contribution is 2.27. The molecule has 2 rings (SSSR count). The molecule has 4 N–H and O–H groups in total. The van der Waals surface area contributed by atoms with Gasteiger partial charge in [0, 0.05) is 23.0 Å². The Morgan fingerprint density at radius 3 is 1.23 bits per heavy atom. The second kappa shape index (κ2) is 10.2. The Bertz CT molecular complexity index is 876. The maximum absolute atomic E-state index is 12.7. The molecule has 0 saturated heterocycles. The summed E-state index contributed by atoms with van der Waals surface area (Å²) in [5, 5.41) is 0. The molecule has 0 aliphatic rings. The number of hydrogen-bond acceptors (Lipinski definition) is 4. The highest BCUT2D eigenvalue weighted by molar-refractivity contribution is 6.06. The molecular weight excluding hydrogens is 384 g/mol. The van der Waals surface area contributed by atoms with Crippen LogP contribution in [-0.2, 0) is 9.59 Å². The van der Waals surface area contributed by atoms with Gasteiger partial charge in [-0.05, 0) is 23.3 Å². The van der Waals surface area contributed by atoms with Crippen LogP contribution >= 0.6 is 0 Å². The number of nitrogens with one attached hydrogen (secondary N) is 4. The topological polar surface area (TPSA) is 116 Å². The molecule has 0 fully saturated rings. The van der Waals surface area contributed by atoms with Gasteiger partial charge in [-0.3, -0.25) is 40.9 Å². The summed E-state index contributed by atoms with van der Waals surface area (Å²) in [7, 11) is 0. The van der Waals surface area contributed by atoms with Crippen molar-refractivity contribution in [1.29, 1.82) is 0 Å². The van der Waals surface area contributed by atoms with Gasteiger partial charge in [-0.1, -0.05) is 64.1 Å². The van der Waals surface area contributed by atoms with Crippen LogP contribution in [0.2, 0.25) is 0 Å². The number of rotatable bonds is 5. The highest BCUT2D eigenvalue weighted by atomic mass is 16.2. The molecule has 0 spiro atoms. The zero-order valence-corrected chi connectivity index (χ0v) is 17.4. The van der Waals surface area contributed by atoms with Crippen LogP contribution in [0.25, 0.3) is 11.1 Å². The molecule has 0 aliphatic carbocycles. The lowest BCUT2D eigenvalue weighted by Gasteiger charge is -2.15. The first kappa shape index (κ1) is 22.6. The molecule has 2 aromatic rings. The summed E-state index contributed by atoms with van der Waals surface area (Å²) >= 11 is 0. The third-order valence-corrected chi connectivity index (χ3v) is 4.28. The van der Waals surface area contributed by atoms with Gasteiger partial charge in [0.1, 0.15) is 0 Å². The molecule has 0 heterocycles. The van der Waals surface area contributed by atoms with Gasteiger partial charge in [-0.25, -0.2) is 0 Å². The van der Waals surface area contributed by atoms with Crippen LogP contribution in [-0.4, -0.2) is 23.6 Å². The van der Waals surface area contributed by atoms with E-state index < -0.39 is 11.8 Å². The summed E-state index contributed by atoms with van der Waals surface area (Å²) in [6.45, 7) is 6.84. The number of hydrogen-bond donors (Lipinski definition) is 4. The van der Waals surface area contributed by atoms with E-state index in [0.29, 0.717) is 11.1 Å². The van der Waals surface area contributed by atoms with Crippen molar-refractivity contribution in [3.63, 3.8) is 0 Å². The number of hydrazine groups is 2. The number of carbonyl (C=O) groups excluding carboxylic acids is 4. The molecule has 30 heavy (non-hydrogen) atoms. The summed E-state index contributed by atoms with van der Waals surface area (Å²) in [5.74, 6) is -2.23. The van der Waals surface area contributed by atoms with Crippen LogP contribution < -0.4 is 21.7 Å². The Morgan fingerprint density at radius 2 is 0.900 bits per heavy atom. The first-order valence-corrected chi connectivity index (χ1v) is 9.61. The number of carbonyl (C=O) groups is 4. The van der Waals surface area contributed by atoms with Crippen molar-refractivity contribution in [2.75, 3.05) is 0 Å². The maximum atomic E-state index is 12.7. The van der Waals surface area contributed by atoms with Crippen LogP contribution in [0.4, 0.5) is 0 Å². The van der Waals surface area contributed by atoms with Gasteiger partial charge in [0.25, 0.3) is 11.8 Å². The van der Waals surface area contributed by atoms with Crippen molar-refractivity contribution in [1.82, 2.24) is 21.7 Å². The maximum Gasteiger partial charge on any atom is 0.270 e. The van der Waals surface area contributed by atoms with Crippen molar-refractivity contribution >= 4 is 23.6 Å². The summed E-state index contributed by atoms with van der Waals surface area (Å²) in [6, 6.07) is 13.5. The highest BCUT2D eigenvalue weighted by Gasteiger charge is 2.19. The summed E-state index contributed by atoms with van der Waals surface area (Å²) in [4.78, 5) is 48.8. The average molecular weight is 410 g/mol. The molecule has 2 aromatic carbocycles. The fourth-order valence-electron chi connectivity index (χ4n) is 2.49. The van der Waals surface area contributed by atoms with E-state index in [9.17, 15) is 19.2 Å². The molecule has 8 nitrogen and oxygen atoms in total. The van der Waals surface area contributed by atoms with E-state index in [1.807, 2.05) is 0 Å². The van der Waals surface area contributed by atoms with Crippen LogP contribution in [0.15, 0.2) is 48.5 Å². The Kier molecular flexibility index (Phi) is 7.69. The first-order valence-electron chi connectivity index (χ1n) is 9.61. The SMILES string of the molecule is CC(C)C(=O)NNC(=O)c1ccccc1-c1ccccc1C(=O)NNC(=O)C(C)C. The lowest BCUT2D eigenvalue weighted by atomic mass is 9.95. The normalized spacial score (nSPS) is 10.5. The molecule has 158 valence electrons. The van der Waals surface area contributed by atoms with Crippen LogP contribution in [0.5, 0.6) is 0 Å². The predicted molar refractivity (Wildman–Crippen MR) is 113 cm³/mol. The minimum absolute atomic E-state index is 0.285. The lowest BCUT2D eigenvalue weighted by molar-refractivity contribution is -0.125. The molecule has 0 aliphatic heterocycles. The first-order chi connectivity index (χ1) is 14.2. The predicted octanol–water partition coefficient (Wildman–Crippen LogP) is 2.19. The van der Waals surface area contributed by atoms with Gasteiger partial charge in [-0.15, -0.1) is 0 Å². The van der Waals surface area contributed by atoms with E-state index in [1.165, 1.54) is 0 Å². The van der Waals surface area contributed by atoms with Crippen molar-refractivity contribution in [2.24, 2.45) is 11.8 Å². The van der Waals surface area contributed by atoms with E-state index >= 15 is 0 Å². The van der Waals surface area contributed by atoms with Crippen LogP contribution in [0.1, 0.15) is 48.4 Å². The molecule has 4 amide bonds. The van der Waals surface area contributed by atoms with Gasteiger partial charge in [0.05, 0.1) is 0 Å². The molecule has 0 unspecified atom stereocenters. The summed E-state index contributed by atoms with van der Waals surface area (Å²) in [5.41, 5.74) is 11.1. The Hall–Kier alpha value is -3.68. The minimum Gasteiger partial charge on any atom is -0.273 e. The fraction of sp³-hybridized carbons (Fsp3) is 0.273. The number of benzene rings is 2. The molecule has 0 radical (unpaired) electrons. The Balaban J connectivity index is 2.31. The molecular formula is C22H26N4O4. The summed E-state index contributed by atoms with van der Waals surface area (Å²) < 4.78 is 0. The Morgan fingerprint density at radius 1 is 0.567 bits per heavy atom. The van der Waals surface area contributed by atoms with E-state index in [-0.39, 0.29) is 34.8 Å². The van der Waals surface area contributed by atoms with E-state index in [4.69, 9.17) is 0 Å². The monoisotopic (exact) mass is 410 g/mol. The molecule has 0 saturated carbocycles. The lowest BCUT2D eigenvalue weighted by Crippen LogP contribution is -2.44. The smallest absolute Gasteiger partial charge is 0.270 e. The van der Waals surface area contributed by atoms with Gasteiger partial charge >= 0.3 is 0 Å². The zero-order chi connectivity index (χ0) is 22.3. The van der Waals surface area contributed by atoms with Crippen molar-refractivity contribution < 1.29 is 19.2 Å². The molecule has 8 heteroatoms. The second-order valence-electron chi connectivity index (χ2n) is 7.29. The van der Waals surface area contributed by atoms with Gasteiger partial charge in [0.15, 0.2) is 0 Å². The standard InChI is InChI=1S/C22H26N4O4/c1-13(2)19(27)23-25-21(29)17-11-7-5-9-15(17)16-10-6-8-12-18(16)22(30)26-24-20(28)14(3)4/h5-14H,1-4H3,(H,23,27)(H,24,28)(H,25,29)(H,26,30). The van der Waals surface area contributed by atoms with Crippen molar-refractivity contribution in [3.05, 3.63) is 59.7 Å². The second-order valence-corrected chi connectivity index (χ2v) is 7.29. The van der Waals surface area contributed by atoms with Crippen LogP contribution in [0, 0.1) is 11.8 Å². The zero-order valence-electron chi connectivity index (χ0n) is 17.4. The number of amides is 4. The summed E-state index contributed by atoms with van der Waals surface area (Å²) in [6.07, 6.45) is 0. The molecule has 0 bridgehead atoms. The van der Waals surface area contributed by atoms with Crippen molar-refractivity contribution in [2.45, 2.75) is 27.7 Å². The largest absolute Gasteiger partial charge is 0.273 e. The fourth-order valence-corrected chi connectivity index (χ4v) is 2.49. The van der Waals surface area contributed by atoms with Gasteiger partial charge in [-0.2, -0.15) is 0 Å². The third kappa shape index (κ3) is 5.66. The van der Waals surface area contributed by atoms with Gasteiger partial charge < -0.3 is 0 Å². The van der Waals surface area contributed by atoms with E-state index in [0.717, 1.165) is 0 Å². The van der Waals surface area contributed by atoms with Crippen LogP contribution in [0.3, 0.4) is 0 Å². The average Bonchev–Trinajstić information content (AvgIpc) is 2.75. The van der Waals surface area contributed by atoms with E-state index in [1.54, 1.807) is 76.2 Å². The van der Waals surface area contributed by atoms with Crippen molar-refractivity contribution in [3.8, 4) is 11.1 Å². The third-order valence-electron chi connectivity index (χ3n) is 4.28.